The number of thiazole rings is 1. The fourth-order valence-corrected chi connectivity index (χ4v) is 3.94. The Morgan fingerprint density at radius 1 is 1.27 bits per heavy atom. The molecule has 2 N–H and O–H groups in total. The number of aliphatic hydroxyl groups is 1. The minimum atomic E-state index is -0.0244. The average molecular weight is 442 g/mol. The van der Waals surface area contributed by atoms with Crippen molar-refractivity contribution in [3.8, 4) is 22.1 Å². The zero-order valence-electron chi connectivity index (χ0n) is 16.5. The van der Waals surface area contributed by atoms with Crippen molar-refractivity contribution in [1.82, 2.24) is 19.7 Å². The van der Waals surface area contributed by atoms with Gasteiger partial charge in [0.25, 0.3) is 0 Å². The van der Waals surface area contributed by atoms with Gasteiger partial charge < -0.3 is 15.2 Å². The van der Waals surface area contributed by atoms with Crippen LogP contribution in [0.3, 0.4) is 0 Å². The molecule has 4 rings (SSSR count). The van der Waals surface area contributed by atoms with E-state index in [1.54, 1.807) is 24.1 Å². The molecule has 154 valence electrons. The fraction of sp³-hybridized carbons (Fsp3) is 0.190. The van der Waals surface area contributed by atoms with E-state index in [2.05, 4.69) is 20.4 Å². The van der Waals surface area contributed by atoms with Gasteiger partial charge in [0.05, 0.1) is 23.5 Å². The summed E-state index contributed by atoms with van der Waals surface area (Å²) >= 11 is 7.94. The number of hydrogen-bond donors (Lipinski definition) is 2. The third-order valence-corrected chi connectivity index (χ3v) is 5.62. The molecule has 0 aliphatic rings. The van der Waals surface area contributed by atoms with Gasteiger partial charge in [0.15, 0.2) is 0 Å². The van der Waals surface area contributed by atoms with Crippen LogP contribution in [0, 0.1) is 6.92 Å². The third-order valence-electron chi connectivity index (χ3n) is 4.51. The Morgan fingerprint density at radius 3 is 2.83 bits per heavy atom. The molecule has 0 saturated heterocycles. The standard InChI is InChI=1S/C21H20ClN5O2S/c1-13-11-19(27-8-5-18(26-27)21-23-7-10-30-21)15(6-9-28)20(24-13)25-17-4-3-14(29-2)12-16(17)22/h3-5,7-8,10-12,28H,6,9H2,1-2H3,(H,24,25). The van der Waals surface area contributed by atoms with Crippen LogP contribution < -0.4 is 10.1 Å². The van der Waals surface area contributed by atoms with Gasteiger partial charge in [-0.15, -0.1) is 11.3 Å². The predicted octanol–water partition coefficient (Wildman–Crippen LogP) is 4.64. The largest absolute Gasteiger partial charge is 0.497 e. The first-order valence-electron chi connectivity index (χ1n) is 9.27. The number of methoxy groups -OCH3 is 1. The van der Waals surface area contributed by atoms with E-state index in [0.29, 0.717) is 28.7 Å². The number of benzene rings is 1. The summed E-state index contributed by atoms with van der Waals surface area (Å²) in [6.07, 6.45) is 4.05. The van der Waals surface area contributed by atoms with E-state index < -0.39 is 0 Å². The highest BCUT2D eigenvalue weighted by atomic mass is 35.5. The molecule has 0 amide bonds. The van der Waals surface area contributed by atoms with Gasteiger partial charge in [-0.05, 0) is 31.2 Å². The molecule has 0 unspecified atom stereocenters. The lowest BCUT2D eigenvalue weighted by Gasteiger charge is -2.17. The number of pyridine rings is 1. The monoisotopic (exact) mass is 441 g/mol. The molecular formula is C21H20ClN5O2S. The molecule has 0 atom stereocenters. The molecule has 9 heteroatoms. The molecular weight excluding hydrogens is 422 g/mol. The van der Waals surface area contributed by atoms with Crippen LogP contribution >= 0.6 is 22.9 Å². The molecule has 0 fully saturated rings. The molecule has 3 heterocycles. The van der Waals surface area contributed by atoms with E-state index in [4.69, 9.17) is 16.3 Å². The van der Waals surface area contributed by atoms with Crippen LogP contribution in [0.25, 0.3) is 16.4 Å². The summed E-state index contributed by atoms with van der Waals surface area (Å²) in [5.41, 5.74) is 3.98. The molecule has 3 aromatic heterocycles. The zero-order valence-corrected chi connectivity index (χ0v) is 18.0. The first-order valence-corrected chi connectivity index (χ1v) is 10.5. The number of anilines is 2. The lowest BCUT2D eigenvalue weighted by atomic mass is 10.1. The summed E-state index contributed by atoms with van der Waals surface area (Å²) in [5.74, 6) is 1.29. The smallest absolute Gasteiger partial charge is 0.143 e. The Balaban J connectivity index is 1.76. The van der Waals surface area contributed by atoms with Crippen molar-refractivity contribution in [3.63, 3.8) is 0 Å². The highest BCUT2D eigenvalue weighted by Gasteiger charge is 2.16. The number of rotatable bonds is 7. The molecule has 0 bridgehead atoms. The SMILES string of the molecule is COc1ccc(Nc2nc(C)cc(-n3ccc(-c4nccs4)n3)c2CCO)c(Cl)c1. The number of ether oxygens (including phenoxy) is 1. The highest BCUT2D eigenvalue weighted by Crippen LogP contribution is 2.32. The molecule has 1 aromatic carbocycles. The summed E-state index contributed by atoms with van der Waals surface area (Å²) in [5, 5.41) is 21.0. The third kappa shape index (κ3) is 4.16. The number of aliphatic hydroxyl groups excluding tert-OH is 1. The molecule has 0 spiro atoms. The number of aryl methyl sites for hydroxylation is 1. The van der Waals surface area contributed by atoms with E-state index in [1.165, 1.54) is 11.3 Å². The van der Waals surface area contributed by atoms with Crippen molar-refractivity contribution < 1.29 is 9.84 Å². The van der Waals surface area contributed by atoms with Crippen LogP contribution in [0.2, 0.25) is 5.02 Å². The second-order valence-electron chi connectivity index (χ2n) is 6.54. The maximum atomic E-state index is 9.69. The summed E-state index contributed by atoms with van der Waals surface area (Å²) in [6, 6.07) is 9.27. The number of aromatic nitrogens is 4. The van der Waals surface area contributed by atoms with Gasteiger partial charge in [0, 0.05) is 48.1 Å². The van der Waals surface area contributed by atoms with E-state index in [-0.39, 0.29) is 6.61 Å². The zero-order chi connectivity index (χ0) is 21.1. The first kappa shape index (κ1) is 20.3. The summed E-state index contributed by atoms with van der Waals surface area (Å²) < 4.78 is 7.00. The van der Waals surface area contributed by atoms with Gasteiger partial charge in [0.1, 0.15) is 22.3 Å². The Kier molecular flexibility index (Phi) is 5.98. The molecule has 0 aliphatic heterocycles. The normalized spacial score (nSPS) is 10.9. The number of nitrogens with one attached hydrogen (secondary N) is 1. The van der Waals surface area contributed by atoms with Gasteiger partial charge in [0.2, 0.25) is 0 Å². The molecule has 0 aliphatic carbocycles. The van der Waals surface area contributed by atoms with Gasteiger partial charge in [-0.25, -0.2) is 14.6 Å². The Hall–Kier alpha value is -2.94. The van der Waals surface area contributed by atoms with Gasteiger partial charge >= 0.3 is 0 Å². The van der Waals surface area contributed by atoms with E-state index in [9.17, 15) is 5.11 Å². The van der Waals surface area contributed by atoms with Crippen LogP contribution in [0.5, 0.6) is 5.75 Å². The number of hydrogen-bond acceptors (Lipinski definition) is 7. The van der Waals surface area contributed by atoms with Gasteiger partial charge in [-0.1, -0.05) is 11.6 Å². The van der Waals surface area contributed by atoms with Crippen molar-refractivity contribution in [2.75, 3.05) is 19.0 Å². The van der Waals surface area contributed by atoms with Crippen LogP contribution in [0.1, 0.15) is 11.3 Å². The maximum absolute atomic E-state index is 9.69. The van der Waals surface area contributed by atoms with Crippen LogP contribution in [0.4, 0.5) is 11.5 Å². The Labute approximate surface area is 183 Å². The van der Waals surface area contributed by atoms with Crippen molar-refractivity contribution in [2.45, 2.75) is 13.3 Å². The van der Waals surface area contributed by atoms with Crippen molar-refractivity contribution in [2.24, 2.45) is 0 Å². The quantitative estimate of drug-likeness (QED) is 0.434. The van der Waals surface area contributed by atoms with E-state index >= 15 is 0 Å². The maximum Gasteiger partial charge on any atom is 0.143 e. The molecule has 4 aromatic rings. The molecule has 0 saturated carbocycles. The highest BCUT2D eigenvalue weighted by molar-refractivity contribution is 7.13. The topological polar surface area (TPSA) is 85.1 Å². The average Bonchev–Trinajstić information content (AvgIpc) is 3.43. The van der Waals surface area contributed by atoms with Crippen LogP contribution in [-0.2, 0) is 6.42 Å². The Morgan fingerprint density at radius 2 is 2.13 bits per heavy atom. The predicted molar refractivity (Wildman–Crippen MR) is 119 cm³/mol. The van der Waals surface area contributed by atoms with E-state index in [1.807, 2.05) is 42.8 Å². The van der Waals surface area contributed by atoms with Crippen LogP contribution in [0.15, 0.2) is 48.1 Å². The van der Waals surface area contributed by atoms with Crippen LogP contribution in [-0.4, -0.2) is 38.6 Å². The first-order chi connectivity index (χ1) is 14.6. The van der Waals surface area contributed by atoms with Crippen molar-refractivity contribution in [3.05, 3.63) is 64.4 Å². The second kappa shape index (κ2) is 8.83. The second-order valence-corrected chi connectivity index (χ2v) is 7.84. The van der Waals surface area contributed by atoms with Gasteiger partial charge in [-0.3, -0.25) is 0 Å². The van der Waals surface area contributed by atoms with Crippen molar-refractivity contribution in [1.29, 1.82) is 0 Å². The molecule has 30 heavy (non-hydrogen) atoms. The Bertz CT molecular complexity index is 1160. The van der Waals surface area contributed by atoms with Crippen molar-refractivity contribution >= 4 is 34.4 Å². The minimum Gasteiger partial charge on any atom is -0.497 e. The lowest BCUT2D eigenvalue weighted by molar-refractivity contribution is 0.299. The molecule has 7 nitrogen and oxygen atoms in total. The minimum absolute atomic E-state index is 0.0244. The summed E-state index contributed by atoms with van der Waals surface area (Å²) in [7, 11) is 1.59. The summed E-state index contributed by atoms with van der Waals surface area (Å²) in [6.45, 7) is 1.89. The van der Waals surface area contributed by atoms with Gasteiger partial charge in [-0.2, -0.15) is 5.10 Å². The fourth-order valence-electron chi connectivity index (χ4n) is 3.12. The summed E-state index contributed by atoms with van der Waals surface area (Å²) in [4.78, 5) is 8.97. The lowest BCUT2D eigenvalue weighted by Crippen LogP contribution is -2.09. The van der Waals surface area contributed by atoms with E-state index in [0.717, 1.165) is 27.6 Å². The number of halogens is 1. The number of nitrogens with zero attached hydrogens (tertiary/aromatic N) is 4. The molecule has 0 radical (unpaired) electrons.